The highest BCUT2D eigenvalue weighted by atomic mass is 79.9. The Morgan fingerprint density at radius 2 is 2.12 bits per heavy atom. The van der Waals surface area contributed by atoms with E-state index in [9.17, 15) is 0 Å². The minimum atomic E-state index is 0.446. The summed E-state index contributed by atoms with van der Waals surface area (Å²) in [6, 6.07) is 9.60. The highest BCUT2D eigenvalue weighted by Crippen LogP contribution is 2.28. The summed E-state index contributed by atoms with van der Waals surface area (Å²) in [4.78, 5) is 4.19. The quantitative estimate of drug-likeness (QED) is 0.943. The molecule has 0 saturated carbocycles. The van der Waals surface area contributed by atoms with Gasteiger partial charge in [0.15, 0.2) is 0 Å². The van der Waals surface area contributed by atoms with E-state index in [-0.39, 0.29) is 0 Å². The molecule has 88 valence electrons. The van der Waals surface area contributed by atoms with Crippen LogP contribution in [0.2, 0.25) is 0 Å². The summed E-state index contributed by atoms with van der Waals surface area (Å²) in [6.45, 7) is 2.39. The molecule has 0 amide bonds. The Balaban J connectivity index is 2.28. The number of aryl methyl sites for hydroxylation is 1. The van der Waals surface area contributed by atoms with Crippen molar-refractivity contribution >= 4 is 15.9 Å². The summed E-state index contributed by atoms with van der Waals surface area (Å²) in [6.07, 6.45) is 1.70. The van der Waals surface area contributed by atoms with Gasteiger partial charge < -0.3 is 10.5 Å². The molecule has 4 heteroatoms. The third-order valence-corrected chi connectivity index (χ3v) is 2.85. The number of hydrogen-bond acceptors (Lipinski definition) is 3. The maximum atomic E-state index is 5.76. The van der Waals surface area contributed by atoms with Crippen LogP contribution in [0.15, 0.2) is 41.0 Å². The van der Waals surface area contributed by atoms with Crippen LogP contribution >= 0.6 is 15.9 Å². The van der Waals surface area contributed by atoms with Crippen molar-refractivity contribution in [3.8, 4) is 11.5 Å². The number of nitrogens with zero attached hydrogens (tertiary/aromatic N) is 1. The first-order chi connectivity index (χ1) is 8.19. The number of hydrogen-bond donors (Lipinski definition) is 1. The molecular weight excluding hydrogens is 280 g/mol. The number of ether oxygens (including phenoxy) is 1. The maximum absolute atomic E-state index is 5.76. The van der Waals surface area contributed by atoms with Crippen molar-refractivity contribution in [1.82, 2.24) is 4.98 Å². The summed E-state index contributed by atoms with van der Waals surface area (Å²) in [5, 5.41) is 0. The smallest absolute Gasteiger partial charge is 0.145 e. The van der Waals surface area contributed by atoms with E-state index in [4.69, 9.17) is 10.5 Å². The molecule has 0 aliphatic carbocycles. The average molecular weight is 293 g/mol. The lowest BCUT2D eigenvalue weighted by atomic mass is 10.2. The molecule has 0 saturated heterocycles. The Morgan fingerprint density at radius 1 is 1.29 bits per heavy atom. The van der Waals surface area contributed by atoms with Crippen molar-refractivity contribution in [3.05, 3.63) is 52.3 Å². The molecule has 2 aromatic rings. The van der Waals surface area contributed by atoms with Crippen LogP contribution in [0.5, 0.6) is 11.5 Å². The molecule has 1 heterocycles. The van der Waals surface area contributed by atoms with Crippen LogP contribution in [0, 0.1) is 6.92 Å². The number of pyridine rings is 1. The van der Waals surface area contributed by atoms with Gasteiger partial charge in [0.1, 0.15) is 11.5 Å². The fourth-order valence-corrected chi connectivity index (χ4v) is 1.77. The molecule has 3 nitrogen and oxygen atoms in total. The van der Waals surface area contributed by atoms with Crippen LogP contribution in [0.4, 0.5) is 0 Å². The Labute approximate surface area is 109 Å². The first-order valence-electron chi connectivity index (χ1n) is 5.28. The minimum Gasteiger partial charge on any atom is -0.455 e. The van der Waals surface area contributed by atoms with Gasteiger partial charge in [-0.25, -0.2) is 0 Å². The van der Waals surface area contributed by atoms with E-state index in [0.717, 1.165) is 21.5 Å². The summed E-state index contributed by atoms with van der Waals surface area (Å²) in [5.74, 6) is 1.47. The predicted octanol–water partition coefficient (Wildman–Crippen LogP) is 3.40. The fraction of sp³-hybridized carbons (Fsp3) is 0.154. The zero-order chi connectivity index (χ0) is 12.3. The summed E-state index contributed by atoms with van der Waals surface area (Å²) in [7, 11) is 0. The molecular formula is C13H13BrN2O. The van der Waals surface area contributed by atoms with Gasteiger partial charge in [-0.15, -0.1) is 0 Å². The molecule has 2 rings (SSSR count). The van der Waals surface area contributed by atoms with Crippen LogP contribution < -0.4 is 10.5 Å². The third-order valence-electron chi connectivity index (χ3n) is 2.36. The molecule has 0 atom stereocenters. The monoisotopic (exact) mass is 292 g/mol. The van der Waals surface area contributed by atoms with Crippen molar-refractivity contribution in [2.75, 3.05) is 0 Å². The SMILES string of the molecule is Cc1ccc(Oc2cc(Br)ccc2CN)cn1. The molecule has 0 aliphatic heterocycles. The Hall–Kier alpha value is -1.39. The van der Waals surface area contributed by atoms with Gasteiger partial charge in [-0.2, -0.15) is 0 Å². The van der Waals surface area contributed by atoms with Crippen LogP contribution in [0.25, 0.3) is 0 Å². The molecule has 0 aliphatic rings. The van der Waals surface area contributed by atoms with E-state index in [1.165, 1.54) is 0 Å². The minimum absolute atomic E-state index is 0.446. The summed E-state index contributed by atoms with van der Waals surface area (Å²) in [5.41, 5.74) is 7.60. The van der Waals surface area contributed by atoms with Crippen LogP contribution in [0.3, 0.4) is 0 Å². The van der Waals surface area contributed by atoms with Crippen LogP contribution in [-0.2, 0) is 6.54 Å². The Bertz CT molecular complexity index is 511. The molecule has 17 heavy (non-hydrogen) atoms. The number of rotatable bonds is 3. The second kappa shape index (κ2) is 5.29. The molecule has 2 N–H and O–H groups in total. The van der Waals surface area contributed by atoms with Crippen LogP contribution in [-0.4, -0.2) is 4.98 Å². The van der Waals surface area contributed by atoms with Gasteiger partial charge in [-0.1, -0.05) is 22.0 Å². The first kappa shape index (κ1) is 12.1. The first-order valence-corrected chi connectivity index (χ1v) is 6.07. The second-order valence-corrected chi connectivity index (χ2v) is 4.61. The summed E-state index contributed by atoms with van der Waals surface area (Å²) >= 11 is 3.41. The van der Waals surface area contributed by atoms with Gasteiger partial charge >= 0.3 is 0 Å². The number of halogens is 1. The molecule has 0 unspecified atom stereocenters. The second-order valence-electron chi connectivity index (χ2n) is 3.69. The largest absolute Gasteiger partial charge is 0.455 e. The lowest BCUT2D eigenvalue weighted by Crippen LogP contribution is -1.99. The van der Waals surface area contributed by atoms with Crippen molar-refractivity contribution in [2.45, 2.75) is 13.5 Å². The number of nitrogens with two attached hydrogens (primary N) is 1. The van der Waals surface area contributed by atoms with E-state index in [2.05, 4.69) is 20.9 Å². The van der Waals surface area contributed by atoms with Crippen LogP contribution in [0.1, 0.15) is 11.3 Å². The zero-order valence-electron chi connectivity index (χ0n) is 9.48. The van der Waals surface area contributed by atoms with Crippen molar-refractivity contribution in [1.29, 1.82) is 0 Å². The number of benzene rings is 1. The predicted molar refractivity (Wildman–Crippen MR) is 71.1 cm³/mol. The van der Waals surface area contributed by atoms with Gasteiger partial charge in [0, 0.05) is 22.3 Å². The summed E-state index contributed by atoms with van der Waals surface area (Å²) < 4.78 is 6.73. The van der Waals surface area contributed by atoms with Gasteiger partial charge in [0.05, 0.1) is 6.20 Å². The van der Waals surface area contributed by atoms with E-state index in [1.54, 1.807) is 6.20 Å². The van der Waals surface area contributed by atoms with Crippen molar-refractivity contribution in [2.24, 2.45) is 5.73 Å². The lowest BCUT2D eigenvalue weighted by Gasteiger charge is -2.10. The van der Waals surface area contributed by atoms with Gasteiger partial charge in [0.2, 0.25) is 0 Å². The molecule has 0 radical (unpaired) electrons. The molecule has 0 fully saturated rings. The van der Waals surface area contributed by atoms with Crippen molar-refractivity contribution in [3.63, 3.8) is 0 Å². The average Bonchev–Trinajstić information content (AvgIpc) is 2.32. The molecule has 0 bridgehead atoms. The van der Waals surface area contributed by atoms with Gasteiger partial charge in [0.25, 0.3) is 0 Å². The Morgan fingerprint density at radius 3 is 2.76 bits per heavy atom. The maximum Gasteiger partial charge on any atom is 0.145 e. The highest BCUT2D eigenvalue weighted by molar-refractivity contribution is 9.10. The lowest BCUT2D eigenvalue weighted by molar-refractivity contribution is 0.473. The Kier molecular flexibility index (Phi) is 3.76. The van der Waals surface area contributed by atoms with Gasteiger partial charge in [-0.05, 0) is 31.2 Å². The normalized spacial score (nSPS) is 10.3. The van der Waals surface area contributed by atoms with E-state index in [1.807, 2.05) is 37.3 Å². The fourth-order valence-electron chi connectivity index (χ4n) is 1.43. The van der Waals surface area contributed by atoms with E-state index >= 15 is 0 Å². The zero-order valence-corrected chi connectivity index (χ0v) is 11.1. The van der Waals surface area contributed by atoms with Crippen molar-refractivity contribution < 1.29 is 4.74 Å². The van der Waals surface area contributed by atoms with E-state index < -0.39 is 0 Å². The third kappa shape index (κ3) is 3.05. The standard InChI is InChI=1S/C13H13BrN2O/c1-9-2-5-12(8-16-9)17-13-6-11(14)4-3-10(13)7-15/h2-6,8H,7,15H2,1H3. The number of aromatic nitrogens is 1. The van der Waals surface area contributed by atoms with E-state index in [0.29, 0.717) is 12.3 Å². The topological polar surface area (TPSA) is 48.1 Å². The van der Waals surface area contributed by atoms with Gasteiger partial charge in [-0.3, -0.25) is 4.98 Å². The molecule has 0 spiro atoms. The molecule has 1 aromatic carbocycles. The highest BCUT2D eigenvalue weighted by Gasteiger charge is 2.04. The molecule has 1 aromatic heterocycles.